The van der Waals surface area contributed by atoms with Crippen molar-refractivity contribution < 1.29 is 24.2 Å². The van der Waals surface area contributed by atoms with Crippen LogP contribution in [0.5, 0.6) is 11.5 Å². The number of anilines is 1. The molecule has 0 saturated heterocycles. The summed E-state index contributed by atoms with van der Waals surface area (Å²) in [5, 5.41) is 13.3. The van der Waals surface area contributed by atoms with E-state index in [1.165, 1.54) is 0 Å². The smallest absolute Gasteiger partial charge is 0.346 e. The second-order valence-corrected chi connectivity index (χ2v) is 8.26. The van der Waals surface area contributed by atoms with Crippen molar-refractivity contribution in [3.05, 3.63) is 62.8 Å². The molecule has 0 saturated carbocycles. The molecule has 6 nitrogen and oxygen atoms in total. The van der Waals surface area contributed by atoms with Crippen LogP contribution in [0.2, 0.25) is 5.02 Å². The van der Waals surface area contributed by atoms with Crippen LogP contribution in [0.4, 0.5) is 5.69 Å². The van der Waals surface area contributed by atoms with E-state index in [4.69, 9.17) is 21.1 Å². The Morgan fingerprint density at radius 3 is 2.53 bits per heavy atom. The van der Waals surface area contributed by atoms with Gasteiger partial charge in [-0.2, -0.15) is 0 Å². The Balaban J connectivity index is 1.95. The van der Waals surface area contributed by atoms with Gasteiger partial charge in [-0.05, 0) is 35.9 Å². The maximum Gasteiger partial charge on any atom is 0.346 e. The number of halogens is 1. The standard InChI is InChI=1S/C22H18ClNO5S/c1-28-13-7-8-16(29-2)14(9-13)15-10-17(25)24-19-18(11-3-5-12(23)6-4-11)21(22(26)27)30-20(15)19/h3-9,15H,10H2,1-2H3,(H,24,25)(H,26,27). The number of ether oxygens (including phenoxy) is 2. The number of methoxy groups -OCH3 is 2. The van der Waals surface area contributed by atoms with E-state index in [9.17, 15) is 14.7 Å². The van der Waals surface area contributed by atoms with Gasteiger partial charge in [-0.3, -0.25) is 4.79 Å². The van der Waals surface area contributed by atoms with Crippen LogP contribution in [0.15, 0.2) is 42.5 Å². The van der Waals surface area contributed by atoms with Gasteiger partial charge < -0.3 is 19.9 Å². The normalized spacial score (nSPS) is 15.3. The van der Waals surface area contributed by atoms with Crippen molar-refractivity contribution in [3.8, 4) is 22.6 Å². The van der Waals surface area contributed by atoms with E-state index in [2.05, 4.69) is 5.32 Å². The number of rotatable bonds is 5. The molecule has 0 aliphatic carbocycles. The first-order valence-electron chi connectivity index (χ1n) is 9.10. The van der Waals surface area contributed by atoms with Crippen LogP contribution in [0.3, 0.4) is 0 Å². The molecule has 0 spiro atoms. The first-order valence-corrected chi connectivity index (χ1v) is 10.3. The molecule has 3 aromatic rings. The third kappa shape index (κ3) is 3.51. The number of amides is 1. The van der Waals surface area contributed by atoms with E-state index in [0.29, 0.717) is 33.3 Å². The second-order valence-electron chi connectivity index (χ2n) is 6.77. The van der Waals surface area contributed by atoms with E-state index >= 15 is 0 Å². The molecule has 30 heavy (non-hydrogen) atoms. The summed E-state index contributed by atoms with van der Waals surface area (Å²) in [5.74, 6) is -0.360. The maximum atomic E-state index is 12.6. The van der Waals surface area contributed by atoms with Crippen molar-refractivity contribution in [2.75, 3.05) is 19.5 Å². The fourth-order valence-electron chi connectivity index (χ4n) is 3.69. The number of aromatic carboxylic acids is 1. The summed E-state index contributed by atoms with van der Waals surface area (Å²) < 4.78 is 10.9. The number of thiophene rings is 1. The van der Waals surface area contributed by atoms with Gasteiger partial charge in [0, 0.05) is 33.4 Å². The Hall–Kier alpha value is -3.03. The van der Waals surface area contributed by atoms with Crippen LogP contribution in [-0.2, 0) is 4.79 Å². The lowest BCUT2D eigenvalue weighted by Gasteiger charge is -2.25. The Morgan fingerprint density at radius 2 is 1.90 bits per heavy atom. The number of hydrogen-bond acceptors (Lipinski definition) is 5. The van der Waals surface area contributed by atoms with E-state index < -0.39 is 5.97 Å². The summed E-state index contributed by atoms with van der Waals surface area (Å²) in [6.07, 6.45) is 0.177. The minimum Gasteiger partial charge on any atom is -0.497 e. The first-order chi connectivity index (χ1) is 14.4. The number of carboxylic acid groups (broad SMARTS) is 1. The minimum absolute atomic E-state index is 0.163. The van der Waals surface area contributed by atoms with Gasteiger partial charge in [0.1, 0.15) is 16.4 Å². The monoisotopic (exact) mass is 443 g/mol. The molecule has 8 heteroatoms. The van der Waals surface area contributed by atoms with Crippen LogP contribution < -0.4 is 14.8 Å². The summed E-state index contributed by atoms with van der Waals surface area (Å²) in [7, 11) is 3.13. The summed E-state index contributed by atoms with van der Waals surface area (Å²) in [6.45, 7) is 0. The van der Waals surface area contributed by atoms with Gasteiger partial charge in [0.2, 0.25) is 5.91 Å². The maximum absolute atomic E-state index is 12.6. The fraction of sp³-hybridized carbons (Fsp3) is 0.182. The summed E-state index contributed by atoms with van der Waals surface area (Å²) in [6, 6.07) is 12.3. The van der Waals surface area contributed by atoms with E-state index in [0.717, 1.165) is 21.8 Å². The number of fused-ring (bicyclic) bond motifs is 1. The molecule has 1 atom stereocenters. The zero-order chi connectivity index (χ0) is 21.4. The van der Waals surface area contributed by atoms with Gasteiger partial charge in [0.15, 0.2) is 0 Å². The predicted molar refractivity (Wildman–Crippen MR) is 116 cm³/mol. The predicted octanol–water partition coefficient (Wildman–Crippen LogP) is 5.26. The van der Waals surface area contributed by atoms with E-state index in [-0.39, 0.29) is 23.1 Å². The molecule has 0 fully saturated rings. The van der Waals surface area contributed by atoms with Crippen molar-refractivity contribution >= 4 is 40.5 Å². The molecule has 2 N–H and O–H groups in total. The van der Waals surface area contributed by atoms with Gasteiger partial charge in [-0.15, -0.1) is 11.3 Å². The van der Waals surface area contributed by atoms with Gasteiger partial charge in [-0.1, -0.05) is 23.7 Å². The highest BCUT2D eigenvalue weighted by molar-refractivity contribution is 7.15. The zero-order valence-corrected chi connectivity index (χ0v) is 17.8. The third-order valence-corrected chi connectivity index (χ3v) is 6.59. The Kier molecular flexibility index (Phi) is 5.40. The van der Waals surface area contributed by atoms with Crippen molar-refractivity contribution in [3.63, 3.8) is 0 Å². The van der Waals surface area contributed by atoms with Crippen molar-refractivity contribution in [1.82, 2.24) is 0 Å². The molecule has 0 radical (unpaired) electrons. The molecular weight excluding hydrogens is 426 g/mol. The van der Waals surface area contributed by atoms with Crippen LogP contribution in [0.1, 0.15) is 32.5 Å². The molecular formula is C22H18ClNO5S. The Labute approximate surface area is 182 Å². The lowest BCUT2D eigenvalue weighted by atomic mass is 9.88. The van der Waals surface area contributed by atoms with Crippen molar-refractivity contribution in [2.24, 2.45) is 0 Å². The zero-order valence-electron chi connectivity index (χ0n) is 16.2. The Morgan fingerprint density at radius 1 is 1.17 bits per heavy atom. The largest absolute Gasteiger partial charge is 0.497 e. The van der Waals surface area contributed by atoms with E-state index in [1.54, 1.807) is 50.6 Å². The van der Waals surface area contributed by atoms with Gasteiger partial charge in [0.25, 0.3) is 0 Å². The first kappa shape index (κ1) is 20.3. The van der Waals surface area contributed by atoms with Crippen LogP contribution in [-0.4, -0.2) is 31.2 Å². The molecule has 1 amide bonds. The molecule has 0 bridgehead atoms. The highest BCUT2D eigenvalue weighted by atomic mass is 35.5. The average molecular weight is 444 g/mol. The number of nitrogens with one attached hydrogen (secondary N) is 1. The van der Waals surface area contributed by atoms with Crippen LogP contribution in [0, 0.1) is 0 Å². The topological polar surface area (TPSA) is 84.9 Å². The van der Waals surface area contributed by atoms with E-state index in [1.807, 2.05) is 6.07 Å². The summed E-state index contributed by atoms with van der Waals surface area (Å²) in [5.41, 5.74) is 2.45. The fourth-order valence-corrected chi connectivity index (χ4v) is 5.06. The van der Waals surface area contributed by atoms with Crippen molar-refractivity contribution in [2.45, 2.75) is 12.3 Å². The molecule has 1 aromatic heterocycles. The Bertz CT molecular complexity index is 1140. The third-order valence-electron chi connectivity index (χ3n) is 5.05. The summed E-state index contributed by atoms with van der Waals surface area (Å²) in [4.78, 5) is 25.6. The molecule has 4 rings (SSSR count). The molecule has 1 aliphatic heterocycles. The quantitative estimate of drug-likeness (QED) is 0.562. The van der Waals surface area contributed by atoms with Crippen molar-refractivity contribution in [1.29, 1.82) is 0 Å². The number of carboxylic acids is 1. The number of carbonyl (C=O) groups excluding carboxylic acids is 1. The SMILES string of the molecule is COc1ccc(OC)c(C2CC(=O)Nc3c2sc(C(=O)O)c3-c2ccc(Cl)cc2)c1. The van der Waals surface area contributed by atoms with Gasteiger partial charge in [0.05, 0.1) is 19.9 Å². The average Bonchev–Trinajstić information content (AvgIpc) is 3.13. The lowest BCUT2D eigenvalue weighted by molar-refractivity contribution is -0.116. The number of benzene rings is 2. The second kappa shape index (κ2) is 8.01. The molecule has 1 aliphatic rings. The van der Waals surface area contributed by atoms with Crippen LogP contribution >= 0.6 is 22.9 Å². The van der Waals surface area contributed by atoms with Gasteiger partial charge in [-0.25, -0.2) is 4.79 Å². The highest BCUT2D eigenvalue weighted by Crippen LogP contribution is 2.51. The minimum atomic E-state index is -1.05. The molecule has 154 valence electrons. The highest BCUT2D eigenvalue weighted by Gasteiger charge is 2.35. The molecule has 2 heterocycles. The molecule has 1 unspecified atom stereocenters. The number of hydrogen-bond donors (Lipinski definition) is 2. The molecule has 2 aromatic carbocycles. The van der Waals surface area contributed by atoms with Gasteiger partial charge >= 0.3 is 5.97 Å². The summed E-state index contributed by atoms with van der Waals surface area (Å²) >= 11 is 7.16. The number of carbonyl (C=O) groups is 2. The lowest BCUT2D eigenvalue weighted by Crippen LogP contribution is -2.22. The van der Waals surface area contributed by atoms with Crippen LogP contribution in [0.25, 0.3) is 11.1 Å².